The van der Waals surface area contributed by atoms with Gasteiger partial charge in [0.2, 0.25) is 0 Å². The fourth-order valence-electron chi connectivity index (χ4n) is 3.13. The van der Waals surface area contributed by atoms with E-state index in [1.54, 1.807) is 12.1 Å². The Labute approximate surface area is 133 Å². The molecule has 1 aliphatic carbocycles. The van der Waals surface area contributed by atoms with Gasteiger partial charge in [-0.2, -0.15) is 0 Å². The van der Waals surface area contributed by atoms with E-state index in [2.05, 4.69) is 52.4 Å². The van der Waals surface area contributed by atoms with Gasteiger partial charge in [0.15, 0.2) is 0 Å². The summed E-state index contributed by atoms with van der Waals surface area (Å²) >= 11 is 3.57. The Morgan fingerprint density at radius 3 is 2.71 bits per heavy atom. The largest absolute Gasteiger partial charge is 0.310 e. The average Bonchev–Trinajstić information content (AvgIpc) is 3.29. The van der Waals surface area contributed by atoms with Crippen molar-refractivity contribution in [3.05, 3.63) is 69.9 Å². The molecular weight excluding hydrogens is 329 g/mol. The van der Waals surface area contributed by atoms with Crippen molar-refractivity contribution in [3.63, 3.8) is 0 Å². The fourth-order valence-corrected chi connectivity index (χ4v) is 3.62. The minimum absolute atomic E-state index is 0.173. The zero-order chi connectivity index (χ0) is 14.8. The average molecular weight is 348 g/mol. The maximum atomic E-state index is 13.6. The van der Waals surface area contributed by atoms with Gasteiger partial charge in [0.25, 0.3) is 0 Å². The lowest BCUT2D eigenvalue weighted by molar-refractivity contribution is 0.482. The highest BCUT2D eigenvalue weighted by molar-refractivity contribution is 9.10. The molecule has 1 aliphatic rings. The Balaban J connectivity index is 1.85. The van der Waals surface area contributed by atoms with Crippen LogP contribution in [0.15, 0.2) is 53.0 Å². The van der Waals surface area contributed by atoms with Crippen molar-refractivity contribution in [1.82, 2.24) is 5.32 Å². The summed E-state index contributed by atoms with van der Waals surface area (Å²) in [7, 11) is 0. The third-order valence-electron chi connectivity index (χ3n) is 4.21. The lowest BCUT2D eigenvalue weighted by Crippen LogP contribution is -2.23. The van der Waals surface area contributed by atoms with Gasteiger partial charge in [-0.05, 0) is 54.1 Å². The third kappa shape index (κ3) is 3.19. The standard InChI is InChI=1S/C18H19BrFN/c1-2-21-18(16-10-13(20)8-9-17(16)19)15-11-14(15)12-6-4-3-5-7-12/h3-10,14-15,18,21H,2,11H2,1H3. The van der Waals surface area contributed by atoms with Gasteiger partial charge in [-0.25, -0.2) is 4.39 Å². The van der Waals surface area contributed by atoms with E-state index in [9.17, 15) is 4.39 Å². The zero-order valence-electron chi connectivity index (χ0n) is 12.0. The van der Waals surface area contributed by atoms with Crippen LogP contribution in [-0.2, 0) is 0 Å². The molecule has 0 radical (unpaired) electrons. The molecule has 3 unspecified atom stereocenters. The number of hydrogen-bond donors (Lipinski definition) is 1. The molecule has 0 aromatic heterocycles. The van der Waals surface area contributed by atoms with E-state index in [0.717, 1.165) is 23.0 Å². The van der Waals surface area contributed by atoms with Crippen molar-refractivity contribution in [3.8, 4) is 0 Å². The van der Waals surface area contributed by atoms with Crippen molar-refractivity contribution in [2.75, 3.05) is 6.54 Å². The van der Waals surface area contributed by atoms with E-state index in [1.165, 1.54) is 11.6 Å². The summed E-state index contributed by atoms with van der Waals surface area (Å²) in [4.78, 5) is 0. The predicted molar refractivity (Wildman–Crippen MR) is 87.8 cm³/mol. The molecular formula is C18H19BrFN. The molecule has 0 heterocycles. The Morgan fingerprint density at radius 2 is 2.00 bits per heavy atom. The fraction of sp³-hybridized carbons (Fsp3) is 0.333. The highest BCUT2D eigenvalue weighted by Crippen LogP contribution is 2.54. The van der Waals surface area contributed by atoms with Crippen LogP contribution in [0.2, 0.25) is 0 Å². The molecule has 3 rings (SSSR count). The molecule has 2 aromatic rings. The summed E-state index contributed by atoms with van der Waals surface area (Å²) in [5.74, 6) is 0.934. The molecule has 110 valence electrons. The first-order valence-corrected chi connectivity index (χ1v) is 8.23. The lowest BCUT2D eigenvalue weighted by atomic mass is 9.98. The highest BCUT2D eigenvalue weighted by atomic mass is 79.9. The van der Waals surface area contributed by atoms with Gasteiger partial charge in [-0.3, -0.25) is 0 Å². The van der Waals surface area contributed by atoms with E-state index >= 15 is 0 Å². The first-order valence-electron chi connectivity index (χ1n) is 7.44. The molecule has 2 aromatic carbocycles. The Bertz CT molecular complexity index is 614. The number of rotatable bonds is 5. The van der Waals surface area contributed by atoms with Crippen LogP contribution in [0.25, 0.3) is 0 Å². The van der Waals surface area contributed by atoms with Gasteiger partial charge in [-0.1, -0.05) is 53.2 Å². The second kappa shape index (κ2) is 6.29. The molecule has 0 spiro atoms. The molecule has 1 nitrogen and oxygen atoms in total. The summed E-state index contributed by atoms with van der Waals surface area (Å²) in [5.41, 5.74) is 2.42. The Hall–Kier alpha value is -1.19. The van der Waals surface area contributed by atoms with Crippen LogP contribution in [-0.4, -0.2) is 6.54 Å². The van der Waals surface area contributed by atoms with Crippen LogP contribution in [0.4, 0.5) is 4.39 Å². The molecule has 1 saturated carbocycles. The highest BCUT2D eigenvalue weighted by Gasteiger charge is 2.44. The minimum atomic E-state index is -0.173. The molecule has 21 heavy (non-hydrogen) atoms. The first-order chi connectivity index (χ1) is 10.2. The van der Waals surface area contributed by atoms with Crippen LogP contribution in [0.3, 0.4) is 0 Å². The van der Waals surface area contributed by atoms with E-state index in [0.29, 0.717) is 11.8 Å². The van der Waals surface area contributed by atoms with Crippen LogP contribution < -0.4 is 5.32 Å². The summed E-state index contributed by atoms with van der Waals surface area (Å²) < 4.78 is 14.6. The topological polar surface area (TPSA) is 12.0 Å². The molecule has 0 bridgehead atoms. The molecule has 0 saturated heterocycles. The van der Waals surface area contributed by atoms with Crippen LogP contribution in [0.5, 0.6) is 0 Å². The molecule has 1 N–H and O–H groups in total. The smallest absolute Gasteiger partial charge is 0.123 e. The van der Waals surface area contributed by atoms with Gasteiger partial charge in [-0.15, -0.1) is 0 Å². The van der Waals surface area contributed by atoms with Crippen LogP contribution >= 0.6 is 15.9 Å². The van der Waals surface area contributed by atoms with Gasteiger partial charge < -0.3 is 5.32 Å². The van der Waals surface area contributed by atoms with E-state index in [1.807, 2.05) is 6.07 Å². The molecule has 1 fully saturated rings. The van der Waals surface area contributed by atoms with Gasteiger partial charge in [0.1, 0.15) is 5.82 Å². The summed E-state index contributed by atoms with van der Waals surface area (Å²) in [6.07, 6.45) is 1.16. The second-order valence-corrected chi connectivity index (χ2v) is 6.47. The van der Waals surface area contributed by atoms with E-state index < -0.39 is 0 Å². The Morgan fingerprint density at radius 1 is 1.24 bits per heavy atom. The first kappa shape index (κ1) is 14.7. The lowest BCUT2D eigenvalue weighted by Gasteiger charge is -2.20. The van der Waals surface area contributed by atoms with Gasteiger partial charge in [0.05, 0.1) is 0 Å². The van der Waals surface area contributed by atoms with Crippen molar-refractivity contribution in [1.29, 1.82) is 0 Å². The number of benzene rings is 2. The van der Waals surface area contributed by atoms with Crippen molar-refractivity contribution < 1.29 is 4.39 Å². The zero-order valence-corrected chi connectivity index (χ0v) is 13.6. The monoisotopic (exact) mass is 347 g/mol. The maximum absolute atomic E-state index is 13.6. The molecule has 3 atom stereocenters. The number of nitrogens with one attached hydrogen (secondary N) is 1. The SMILES string of the molecule is CCNC(c1cc(F)ccc1Br)C1CC1c1ccccc1. The van der Waals surface area contributed by atoms with Crippen LogP contribution in [0.1, 0.15) is 36.4 Å². The van der Waals surface area contributed by atoms with E-state index in [-0.39, 0.29) is 11.9 Å². The number of halogens is 2. The summed E-state index contributed by atoms with van der Waals surface area (Å²) in [6, 6.07) is 15.8. The third-order valence-corrected chi connectivity index (χ3v) is 4.93. The van der Waals surface area contributed by atoms with Crippen LogP contribution in [0, 0.1) is 11.7 Å². The van der Waals surface area contributed by atoms with Gasteiger partial charge in [0, 0.05) is 10.5 Å². The molecule has 3 heteroatoms. The summed E-state index contributed by atoms with van der Waals surface area (Å²) in [5, 5.41) is 3.53. The summed E-state index contributed by atoms with van der Waals surface area (Å²) in [6.45, 7) is 2.98. The Kier molecular flexibility index (Phi) is 4.41. The van der Waals surface area contributed by atoms with Crippen molar-refractivity contribution in [2.24, 2.45) is 5.92 Å². The number of hydrogen-bond acceptors (Lipinski definition) is 1. The molecule has 0 aliphatic heterocycles. The van der Waals surface area contributed by atoms with Crippen molar-refractivity contribution in [2.45, 2.75) is 25.3 Å². The second-order valence-electron chi connectivity index (χ2n) is 5.62. The maximum Gasteiger partial charge on any atom is 0.123 e. The van der Waals surface area contributed by atoms with Gasteiger partial charge >= 0.3 is 0 Å². The van der Waals surface area contributed by atoms with Crippen molar-refractivity contribution >= 4 is 15.9 Å². The normalized spacial score (nSPS) is 22.0. The predicted octanol–water partition coefficient (Wildman–Crippen LogP) is 5.04. The van der Waals surface area contributed by atoms with E-state index in [4.69, 9.17) is 0 Å². The minimum Gasteiger partial charge on any atom is -0.310 e. The molecule has 0 amide bonds. The quantitative estimate of drug-likeness (QED) is 0.798.